The van der Waals surface area contributed by atoms with Crippen molar-refractivity contribution in [2.45, 2.75) is 44.7 Å². The van der Waals surface area contributed by atoms with E-state index in [-0.39, 0.29) is 0 Å². The maximum absolute atomic E-state index is 6.29. The maximum Gasteiger partial charge on any atom is 0.240 e. The molecule has 1 aromatic heterocycles. The predicted molar refractivity (Wildman–Crippen MR) is 136 cm³/mol. The molecule has 5 rings (SSSR count). The van der Waals surface area contributed by atoms with Gasteiger partial charge in [-0.05, 0) is 87.6 Å². The van der Waals surface area contributed by atoms with Crippen LogP contribution < -0.4 is 4.74 Å². The van der Waals surface area contributed by atoms with Gasteiger partial charge in [0.2, 0.25) is 5.88 Å². The van der Waals surface area contributed by atoms with Crippen LogP contribution in [0, 0.1) is 0 Å². The van der Waals surface area contributed by atoms with Crippen molar-refractivity contribution in [2.24, 2.45) is 0 Å². The van der Waals surface area contributed by atoms with Gasteiger partial charge in [-0.3, -0.25) is 9.58 Å². The summed E-state index contributed by atoms with van der Waals surface area (Å²) in [5, 5.41) is 7.18. The highest BCUT2D eigenvalue weighted by atomic mass is 35.5. The van der Waals surface area contributed by atoms with Gasteiger partial charge in [0.1, 0.15) is 0 Å². The number of benzene rings is 2. The fourth-order valence-electron chi connectivity index (χ4n) is 5.21. The van der Waals surface area contributed by atoms with E-state index in [1.54, 1.807) is 0 Å². The molecule has 0 N–H and O–H groups in total. The number of ether oxygens (including phenoxy) is 1. The van der Waals surface area contributed by atoms with Gasteiger partial charge < -0.3 is 9.64 Å². The zero-order valence-electron chi connectivity index (χ0n) is 19.1. The fourth-order valence-corrected chi connectivity index (χ4v) is 5.51. The van der Waals surface area contributed by atoms with Crippen LogP contribution >= 0.6 is 23.2 Å². The number of hydrogen-bond acceptors (Lipinski definition) is 4. The molecule has 176 valence electrons. The second kappa shape index (κ2) is 10.6. The van der Waals surface area contributed by atoms with E-state index >= 15 is 0 Å². The Morgan fingerprint density at radius 3 is 2.55 bits per heavy atom. The highest BCUT2D eigenvalue weighted by Gasteiger charge is 2.27. The number of halogens is 2. The lowest BCUT2D eigenvalue weighted by atomic mass is 10.2. The second-order valence-corrected chi connectivity index (χ2v) is 10.2. The van der Waals surface area contributed by atoms with Gasteiger partial charge in [-0.2, -0.15) is 0 Å². The Labute approximate surface area is 206 Å². The van der Waals surface area contributed by atoms with Gasteiger partial charge in [0.05, 0.1) is 24.1 Å². The molecular formula is C26H32Cl2N4O. The molecule has 0 amide bonds. The van der Waals surface area contributed by atoms with E-state index in [2.05, 4.69) is 9.80 Å². The van der Waals surface area contributed by atoms with Crippen molar-refractivity contribution in [1.29, 1.82) is 0 Å². The summed E-state index contributed by atoms with van der Waals surface area (Å²) in [5.74, 6) is 0.663. The molecule has 2 aromatic carbocycles. The van der Waals surface area contributed by atoms with Crippen molar-refractivity contribution in [2.75, 3.05) is 39.3 Å². The molecule has 2 fully saturated rings. The smallest absolute Gasteiger partial charge is 0.240 e. The van der Waals surface area contributed by atoms with Gasteiger partial charge in [-0.15, -0.1) is 5.10 Å². The number of aromatic nitrogens is 2. The van der Waals surface area contributed by atoms with Gasteiger partial charge in [-0.1, -0.05) is 35.3 Å². The molecule has 1 atom stereocenters. The van der Waals surface area contributed by atoms with Crippen molar-refractivity contribution in [3.8, 4) is 5.88 Å². The lowest BCUT2D eigenvalue weighted by Gasteiger charge is -2.28. The number of rotatable bonds is 9. The van der Waals surface area contributed by atoms with Gasteiger partial charge in [-0.25, -0.2) is 0 Å². The average molecular weight is 487 g/mol. The van der Waals surface area contributed by atoms with Gasteiger partial charge >= 0.3 is 0 Å². The lowest BCUT2D eigenvalue weighted by molar-refractivity contribution is 0.178. The maximum atomic E-state index is 6.29. The molecule has 7 heteroatoms. The van der Waals surface area contributed by atoms with E-state index in [0.29, 0.717) is 30.1 Å². The zero-order chi connectivity index (χ0) is 22.6. The topological polar surface area (TPSA) is 33.5 Å². The van der Waals surface area contributed by atoms with Crippen LogP contribution in [0.1, 0.15) is 37.7 Å². The molecule has 2 aliphatic heterocycles. The summed E-state index contributed by atoms with van der Waals surface area (Å²) in [7, 11) is 0. The molecule has 0 spiro atoms. The first kappa shape index (κ1) is 23.0. The molecule has 0 saturated carbocycles. The number of hydrogen-bond donors (Lipinski definition) is 0. The fraction of sp³-hybridized carbons (Fsp3) is 0.500. The van der Waals surface area contributed by atoms with Crippen LogP contribution in [0.5, 0.6) is 5.88 Å². The third kappa shape index (κ3) is 5.65. The quantitative estimate of drug-likeness (QED) is 0.362. The third-order valence-electron chi connectivity index (χ3n) is 6.92. The molecule has 0 aliphatic carbocycles. The minimum atomic E-state index is 0.657. The lowest BCUT2D eigenvalue weighted by Crippen LogP contribution is -2.40. The second-order valence-electron chi connectivity index (χ2n) is 9.29. The van der Waals surface area contributed by atoms with Crippen molar-refractivity contribution >= 4 is 34.1 Å². The number of nitrogens with zero attached hydrogens (tertiary/aromatic N) is 4. The Morgan fingerprint density at radius 2 is 1.73 bits per heavy atom. The molecule has 0 unspecified atom stereocenters. The van der Waals surface area contributed by atoms with E-state index in [0.717, 1.165) is 34.5 Å². The average Bonchev–Trinajstić information content (AvgIpc) is 3.55. The largest absolute Gasteiger partial charge is 0.476 e. The van der Waals surface area contributed by atoms with Gasteiger partial charge in [0, 0.05) is 29.2 Å². The van der Waals surface area contributed by atoms with E-state index in [4.69, 9.17) is 33.0 Å². The van der Waals surface area contributed by atoms with Crippen LogP contribution in [0.15, 0.2) is 42.5 Å². The molecule has 2 saturated heterocycles. The number of fused-ring (bicyclic) bond motifs is 1. The third-order valence-corrected chi connectivity index (χ3v) is 7.41. The molecule has 3 aromatic rings. The van der Waals surface area contributed by atoms with Gasteiger partial charge in [0.15, 0.2) is 0 Å². The highest BCUT2D eigenvalue weighted by Crippen LogP contribution is 2.29. The first-order chi connectivity index (χ1) is 16.2. The van der Waals surface area contributed by atoms with E-state index in [1.165, 1.54) is 51.9 Å². The summed E-state index contributed by atoms with van der Waals surface area (Å²) >= 11 is 12.3. The monoisotopic (exact) mass is 486 g/mol. The van der Waals surface area contributed by atoms with Crippen molar-refractivity contribution in [3.63, 3.8) is 0 Å². The Bertz CT molecular complexity index is 1060. The molecule has 3 heterocycles. The summed E-state index contributed by atoms with van der Waals surface area (Å²) in [4.78, 5) is 5.30. The SMILES string of the molecule is Clc1ccc(Cn2nc(OCCCN3CCC[C@H]3CN3CCCC3)c3cc(Cl)ccc32)cc1. The summed E-state index contributed by atoms with van der Waals surface area (Å²) in [6, 6.07) is 14.5. The Hall–Kier alpha value is -1.79. The molecule has 2 aliphatic rings. The number of likely N-dealkylation sites (tertiary alicyclic amines) is 2. The Morgan fingerprint density at radius 1 is 0.939 bits per heavy atom. The first-order valence-electron chi connectivity index (χ1n) is 12.2. The van der Waals surface area contributed by atoms with Crippen LogP contribution in [-0.4, -0.2) is 65.0 Å². The summed E-state index contributed by atoms with van der Waals surface area (Å²) < 4.78 is 8.17. The zero-order valence-corrected chi connectivity index (χ0v) is 20.6. The predicted octanol–water partition coefficient (Wildman–Crippen LogP) is 5.72. The molecule has 5 nitrogen and oxygen atoms in total. The molecule has 33 heavy (non-hydrogen) atoms. The van der Waals surface area contributed by atoms with Crippen LogP contribution in [0.2, 0.25) is 10.0 Å². The van der Waals surface area contributed by atoms with E-state index in [1.807, 2.05) is 47.1 Å². The van der Waals surface area contributed by atoms with Gasteiger partial charge in [0.25, 0.3) is 0 Å². The molecule has 0 radical (unpaired) electrons. The normalized spacial score (nSPS) is 19.6. The minimum Gasteiger partial charge on any atom is -0.476 e. The van der Waals surface area contributed by atoms with Crippen molar-refractivity contribution in [1.82, 2.24) is 19.6 Å². The van der Waals surface area contributed by atoms with Crippen molar-refractivity contribution < 1.29 is 4.74 Å². The highest BCUT2D eigenvalue weighted by molar-refractivity contribution is 6.31. The Kier molecular flexibility index (Phi) is 7.41. The minimum absolute atomic E-state index is 0.657. The van der Waals surface area contributed by atoms with Crippen LogP contribution in [0.25, 0.3) is 10.9 Å². The summed E-state index contributed by atoms with van der Waals surface area (Å²) in [6.45, 7) is 7.41. The Balaban J connectivity index is 1.20. The standard InChI is InChI=1S/C26H32Cl2N4O/c27-21-8-6-20(7-9-21)18-32-25-11-10-22(28)17-24(25)26(29-32)33-16-4-15-31-14-3-5-23(31)19-30-12-1-2-13-30/h6-11,17,23H,1-5,12-16,18-19H2/t23-/m0/s1. The summed E-state index contributed by atoms with van der Waals surface area (Å²) in [6.07, 6.45) is 6.38. The molecular weight excluding hydrogens is 455 g/mol. The van der Waals surface area contributed by atoms with Crippen LogP contribution in [-0.2, 0) is 6.54 Å². The first-order valence-corrected chi connectivity index (χ1v) is 12.9. The van der Waals surface area contributed by atoms with Crippen molar-refractivity contribution in [3.05, 3.63) is 58.1 Å². The summed E-state index contributed by atoms with van der Waals surface area (Å²) in [5.41, 5.74) is 2.16. The molecule has 0 bridgehead atoms. The van der Waals surface area contributed by atoms with E-state index in [9.17, 15) is 0 Å². The van der Waals surface area contributed by atoms with Crippen LogP contribution in [0.4, 0.5) is 0 Å². The van der Waals surface area contributed by atoms with Crippen LogP contribution in [0.3, 0.4) is 0 Å². The van der Waals surface area contributed by atoms with E-state index < -0.39 is 0 Å².